The molecule has 160 valence electrons. The van der Waals surface area contributed by atoms with Crippen LogP contribution in [-0.2, 0) is 6.54 Å². The van der Waals surface area contributed by atoms with Gasteiger partial charge >= 0.3 is 0 Å². The number of anilines is 2. The van der Waals surface area contributed by atoms with E-state index in [1.807, 2.05) is 41.8 Å². The lowest BCUT2D eigenvalue weighted by Crippen LogP contribution is -2.44. The second-order valence-electron chi connectivity index (χ2n) is 7.41. The van der Waals surface area contributed by atoms with Crippen molar-refractivity contribution in [2.75, 3.05) is 43.4 Å². The monoisotopic (exact) mass is 435 g/mol. The Morgan fingerprint density at radius 1 is 1.16 bits per heavy atom. The summed E-state index contributed by atoms with van der Waals surface area (Å²) in [6.07, 6.45) is 1.60. The van der Waals surface area contributed by atoms with E-state index in [2.05, 4.69) is 20.5 Å². The van der Waals surface area contributed by atoms with Crippen LogP contribution in [0.3, 0.4) is 0 Å². The number of carbonyl (C=O) groups excluding carboxylic acids is 2. The first kappa shape index (κ1) is 21.0. The lowest BCUT2D eigenvalue weighted by Gasteiger charge is -2.30. The predicted octanol–water partition coefficient (Wildman–Crippen LogP) is 3.08. The van der Waals surface area contributed by atoms with Crippen molar-refractivity contribution in [1.29, 1.82) is 0 Å². The van der Waals surface area contributed by atoms with Crippen LogP contribution in [0.1, 0.15) is 25.6 Å². The number of benzene rings is 1. The first-order valence-corrected chi connectivity index (χ1v) is 11.1. The summed E-state index contributed by atoms with van der Waals surface area (Å²) in [7, 11) is 1.77. The molecule has 0 unspecified atom stereocenters. The number of nitrogens with one attached hydrogen (secondary N) is 2. The average molecular weight is 436 g/mol. The van der Waals surface area contributed by atoms with Crippen molar-refractivity contribution < 1.29 is 9.59 Å². The van der Waals surface area contributed by atoms with E-state index in [9.17, 15) is 9.59 Å². The number of hydrogen-bond donors (Lipinski definition) is 2. The van der Waals surface area contributed by atoms with E-state index in [1.165, 1.54) is 11.3 Å². The number of hydrogen-bond acceptors (Lipinski definition) is 6. The van der Waals surface area contributed by atoms with Crippen molar-refractivity contribution in [2.24, 2.45) is 0 Å². The van der Waals surface area contributed by atoms with E-state index >= 15 is 0 Å². The molecule has 0 bridgehead atoms. The molecule has 4 rings (SSSR count). The Balaban J connectivity index is 1.59. The summed E-state index contributed by atoms with van der Waals surface area (Å²) >= 11 is 1.38. The fourth-order valence-corrected chi connectivity index (χ4v) is 4.16. The van der Waals surface area contributed by atoms with E-state index in [0.29, 0.717) is 28.5 Å². The zero-order chi connectivity index (χ0) is 21.6. The SMILES string of the molecule is CN(Cc1ccccc1)C(=O)c1cnc(N2CCNCC2)c(NC(=O)c2cccs2)c1. The van der Waals surface area contributed by atoms with Gasteiger partial charge in [-0.3, -0.25) is 9.59 Å². The Labute approximate surface area is 185 Å². The van der Waals surface area contributed by atoms with E-state index in [-0.39, 0.29) is 11.8 Å². The van der Waals surface area contributed by atoms with Gasteiger partial charge in [-0.25, -0.2) is 4.98 Å². The molecular formula is C23H25N5O2S. The smallest absolute Gasteiger partial charge is 0.265 e. The van der Waals surface area contributed by atoms with Gasteiger partial charge in [0.25, 0.3) is 11.8 Å². The van der Waals surface area contributed by atoms with Crippen LogP contribution >= 0.6 is 11.3 Å². The quantitative estimate of drug-likeness (QED) is 0.622. The van der Waals surface area contributed by atoms with Gasteiger partial charge in [-0.15, -0.1) is 11.3 Å². The lowest BCUT2D eigenvalue weighted by atomic mass is 10.1. The maximum Gasteiger partial charge on any atom is 0.265 e. The molecule has 0 spiro atoms. The van der Waals surface area contributed by atoms with Gasteiger partial charge in [0.05, 0.1) is 16.1 Å². The van der Waals surface area contributed by atoms with Crippen LogP contribution in [0, 0.1) is 0 Å². The molecule has 31 heavy (non-hydrogen) atoms. The van der Waals surface area contributed by atoms with Crippen LogP contribution in [0.2, 0.25) is 0 Å². The van der Waals surface area contributed by atoms with Crippen LogP contribution in [0.5, 0.6) is 0 Å². The normalized spacial score (nSPS) is 13.6. The molecule has 3 aromatic rings. The molecule has 1 saturated heterocycles. The second kappa shape index (κ2) is 9.72. The van der Waals surface area contributed by atoms with E-state index in [4.69, 9.17) is 0 Å². The molecule has 0 aliphatic carbocycles. The fourth-order valence-electron chi connectivity index (χ4n) is 3.54. The molecule has 0 saturated carbocycles. The number of nitrogens with zero attached hydrogens (tertiary/aromatic N) is 3. The van der Waals surface area contributed by atoms with Crippen molar-refractivity contribution in [3.8, 4) is 0 Å². The first-order chi connectivity index (χ1) is 15.1. The van der Waals surface area contributed by atoms with Gasteiger partial charge in [-0.2, -0.15) is 0 Å². The molecule has 1 aliphatic rings. The Morgan fingerprint density at radius 3 is 2.65 bits per heavy atom. The Bertz CT molecular complexity index is 1030. The Hall–Kier alpha value is -3.23. The van der Waals surface area contributed by atoms with Gasteiger partial charge in [0.1, 0.15) is 0 Å². The highest BCUT2D eigenvalue weighted by Gasteiger charge is 2.21. The third-order valence-corrected chi connectivity index (χ3v) is 6.00. The first-order valence-electron chi connectivity index (χ1n) is 10.2. The Kier molecular flexibility index (Phi) is 6.59. The van der Waals surface area contributed by atoms with Crippen LogP contribution in [0.15, 0.2) is 60.1 Å². The zero-order valence-electron chi connectivity index (χ0n) is 17.4. The summed E-state index contributed by atoms with van der Waals surface area (Å²) in [6.45, 7) is 3.77. The number of thiophene rings is 1. The van der Waals surface area contributed by atoms with Crippen molar-refractivity contribution >= 4 is 34.7 Å². The lowest BCUT2D eigenvalue weighted by molar-refractivity contribution is 0.0784. The van der Waals surface area contributed by atoms with Gasteiger partial charge in [0.15, 0.2) is 5.82 Å². The van der Waals surface area contributed by atoms with Gasteiger partial charge in [-0.1, -0.05) is 36.4 Å². The minimum absolute atomic E-state index is 0.144. The van der Waals surface area contributed by atoms with Gasteiger partial charge < -0.3 is 20.4 Å². The average Bonchev–Trinajstić information content (AvgIpc) is 3.35. The zero-order valence-corrected chi connectivity index (χ0v) is 18.2. The number of piperazine rings is 1. The van der Waals surface area contributed by atoms with E-state index in [1.54, 1.807) is 30.3 Å². The van der Waals surface area contributed by atoms with Gasteiger partial charge in [-0.05, 0) is 23.1 Å². The summed E-state index contributed by atoms with van der Waals surface area (Å²) < 4.78 is 0. The topological polar surface area (TPSA) is 77.6 Å². The molecule has 2 amide bonds. The van der Waals surface area contributed by atoms with Crippen LogP contribution < -0.4 is 15.5 Å². The molecule has 1 fully saturated rings. The molecule has 2 N–H and O–H groups in total. The molecular weight excluding hydrogens is 410 g/mol. The standard InChI is InChI=1S/C23H25N5O2S/c1-27(16-17-6-3-2-4-7-17)23(30)18-14-19(26-22(29)20-8-5-13-31-20)21(25-15-18)28-11-9-24-10-12-28/h2-8,13-15,24H,9-12,16H2,1H3,(H,26,29). The molecule has 0 atom stereocenters. The number of amides is 2. The molecule has 0 radical (unpaired) electrons. The molecule has 1 aliphatic heterocycles. The maximum atomic E-state index is 13.1. The molecule has 1 aromatic carbocycles. The highest BCUT2D eigenvalue weighted by Crippen LogP contribution is 2.27. The van der Waals surface area contributed by atoms with Crippen LogP contribution in [0.25, 0.3) is 0 Å². The molecule has 3 heterocycles. The third kappa shape index (κ3) is 5.10. The van der Waals surface area contributed by atoms with Crippen molar-refractivity contribution in [1.82, 2.24) is 15.2 Å². The van der Waals surface area contributed by atoms with Crippen molar-refractivity contribution in [3.63, 3.8) is 0 Å². The van der Waals surface area contributed by atoms with E-state index in [0.717, 1.165) is 31.7 Å². The van der Waals surface area contributed by atoms with Gasteiger partial charge in [0, 0.05) is 46.0 Å². The molecule has 8 heteroatoms. The summed E-state index contributed by atoms with van der Waals surface area (Å²) in [6, 6.07) is 15.2. The highest BCUT2D eigenvalue weighted by molar-refractivity contribution is 7.12. The number of pyridine rings is 1. The summed E-state index contributed by atoms with van der Waals surface area (Å²) in [5.74, 6) is 0.346. The fraction of sp³-hybridized carbons (Fsp3) is 0.261. The van der Waals surface area contributed by atoms with Crippen molar-refractivity contribution in [3.05, 3.63) is 76.1 Å². The van der Waals surface area contributed by atoms with E-state index < -0.39 is 0 Å². The minimum atomic E-state index is -0.199. The highest BCUT2D eigenvalue weighted by atomic mass is 32.1. The summed E-state index contributed by atoms with van der Waals surface area (Å²) in [5, 5.41) is 8.15. The van der Waals surface area contributed by atoms with Crippen molar-refractivity contribution in [2.45, 2.75) is 6.54 Å². The maximum absolute atomic E-state index is 13.1. The molecule has 7 nitrogen and oxygen atoms in total. The summed E-state index contributed by atoms with van der Waals surface area (Å²) in [4.78, 5) is 34.8. The number of aromatic nitrogens is 1. The third-order valence-electron chi connectivity index (χ3n) is 5.13. The minimum Gasteiger partial charge on any atom is -0.352 e. The van der Waals surface area contributed by atoms with Crippen LogP contribution in [0.4, 0.5) is 11.5 Å². The second-order valence-corrected chi connectivity index (χ2v) is 8.36. The number of carbonyl (C=O) groups is 2. The largest absolute Gasteiger partial charge is 0.352 e. The summed E-state index contributed by atoms with van der Waals surface area (Å²) in [5.41, 5.74) is 2.05. The predicted molar refractivity (Wildman–Crippen MR) is 124 cm³/mol. The Morgan fingerprint density at radius 2 is 1.94 bits per heavy atom. The van der Waals surface area contributed by atoms with Crippen LogP contribution in [-0.4, -0.2) is 54.9 Å². The van der Waals surface area contributed by atoms with Gasteiger partial charge in [0.2, 0.25) is 0 Å². The molecule has 2 aromatic heterocycles. The number of rotatable bonds is 6.